The van der Waals surface area contributed by atoms with Gasteiger partial charge >= 0.3 is 0 Å². The lowest BCUT2D eigenvalue weighted by Crippen LogP contribution is -2.25. The molecule has 4 rings (SSSR count). The van der Waals surface area contributed by atoms with E-state index in [0.717, 1.165) is 28.0 Å². The van der Waals surface area contributed by atoms with Crippen LogP contribution in [0.1, 0.15) is 43.0 Å². The van der Waals surface area contributed by atoms with Gasteiger partial charge in [-0.1, -0.05) is 12.6 Å². The molecule has 0 unspecified atom stereocenters. The van der Waals surface area contributed by atoms with Crippen molar-refractivity contribution in [2.45, 2.75) is 51.0 Å². The summed E-state index contributed by atoms with van der Waals surface area (Å²) in [4.78, 5) is 16.9. The normalized spacial score (nSPS) is 16.5. The van der Waals surface area contributed by atoms with E-state index in [9.17, 15) is 13.6 Å². The molecule has 1 aliphatic rings. The average Bonchev–Trinajstić information content (AvgIpc) is 3.09. The van der Waals surface area contributed by atoms with Crippen molar-refractivity contribution in [2.75, 3.05) is 7.11 Å². The predicted molar refractivity (Wildman–Crippen MR) is 117 cm³/mol. The van der Waals surface area contributed by atoms with Gasteiger partial charge in [-0.3, -0.25) is 4.79 Å². The van der Waals surface area contributed by atoms with Crippen LogP contribution in [0, 0.1) is 6.92 Å². The van der Waals surface area contributed by atoms with Crippen LogP contribution >= 0.6 is 0 Å². The van der Waals surface area contributed by atoms with Gasteiger partial charge in [-0.25, -0.2) is 13.8 Å². The topological polar surface area (TPSA) is 49.0 Å². The Morgan fingerprint density at radius 1 is 1.26 bits per heavy atom. The molecule has 164 valence electrons. The first kappa shape index (κ1) is 21.3. The zero-order valence-corrected chi connectivity index (χ0v) is 18.1. The molecule has 0 amide bonds. The number of hydrogen-bond donors (Lipinski definition) is 0. The fourth-order valence-electron chi connectivity index (χ4n) is 4.37. The van der Waals surface area contributed by atoms with Crippen LogP contribution < -0.4 is 5.56 Å². The largest absolute Gasteiger partial charge is 0.500 e. The van der Waals surface area contributed by atoms with Crippen molar-refractivity contribution in [3.05, 3.63) is 64.5 Å². The van der Waals surface area contributed by atoms with E-state index in [4.69, 9.17) is 9.72 Å². The van der Waals surface area contributed by atoms with Crippen molar-refractivity contribution < 1.29 is 13.5 Å². The third-order valence-corrected chi connectivity index (χ3v) is 6.18. The van der Waals surface area contributed by atoms with Crippen LogP contribution in [0.15, 0.2) is 47.6 Å². The first-order valence-electron chi connectivity index (χ1n) is 10.5. The van der Waals surface area contributed by atoms with Gasteiger partial charge in [0.25, 0.3) is 5.56 Å². The predicted octanol–water partition coefficient (Wildman–Crippen LogP) is 5.16. The van der Waals surface area contributed by atoms with Crippen LogP contribution in [-0.4, -0.2) is 27.2 Å². The maximum absolute atomic E-state index is 13.7. The summed E-state index contributed by atoms with van der Waals surface area (Å²) in [6.45, 7) is 6.16. The smallest absolute Gasteiger partial charge is 0.253 e. The minimum absolute atomic E-state index is 0.0253. The van der Waals surface area contributed by atoms with Crippen LogP contribution in [0.4, 0.5) is 8.78 Å². The van der Waals surface area contributed by atoms with E-state index in [2.05, 4.69) is 6.58 Å². The number of pyridine rings is 1. The number of halogens is 2. The molecule has 0 N–H and O–H groups in total. The first-order chi connectivity index (χ1) is 14.7. The SMILES string of the molecule is C=C(Cn1c(C2CCC(F)(F)CC2)nc2ccc(-c3cc(C)c(=O)n(C)c3)cc21)OC. The Morgan fingerprint density at radius 3 is 2.61 bits per heavy atom. The summed E-state index contributed by atoms with van der Waals surface area (Å²) >= 11 is 0. The van der Waals surface area contributed by atoms with Gasteiger partial charge in [0.2, 0.25) is 5.92 Å². The summed E-state index contributed by atoms with van der Waals surface area (Å²) in [6, 6.07) is 7.83. The van der Waals surface area contributed by atoms with Crippen molar-refractivity contribution in [3.63, 3.8) is 0 Å². The summed E-state index contributed by atoms with van der Waals surface area (Å²) in [5, 5.41) is 0. The number of imidazole rings is 1. The molecular formula is C24H27F2N3O2. The van der Waals surface area contributed by atoms with Crippen LogP contribution in [0.3, 0.4) is 0 Å². The number of aromatic nitrogens is 3. The molecule has 1 saturated carbocycles. The van der Waals surface area contributed by atoms with Gasteiger partial charge in [0.05, 0.1) is 24.7 Å². The van der Waals surface area contributed by atoms with E-state index < -0.39 is 5.92 Å². The van der Waals surface area contributed by atoms with Crippen LogP contribution in [0.2, 0.25) is 0 Å². The monoisotopic (exact) mass is 427 g/mol. The Balaban J connectivity index is 1.81. The highest BCUT2D eigenvalue weighted by molar-refractivity contribution is 5.83. The third-order valence-electron chi connectivity index (χ3n) is 6.18. The van der Waals surface area contributed by atoms with E-state index in [1.54, 1.807) is 25.6 Å². The number of aryl methyl sites for hydroxylation is 2. The summed E-state index contributed by atoms with van der Waals surface area (Å²) in [5.74, 6) is -1.24. The molecule has 0 aliphatic heterocycles. The van der Waals surface area contributed by atoms with Crippen molar-refractivity contribution >= 4 is 11.0 Å². The molecule has 0 bridgehead atoms. The Hall–Kier alpha value is -2.96. The Kier molecular flexibility index (Phi) is 5.45. The Morgan fingerprint density at radius 2 is 1.97 bits per heavy atom. The number of hydrogen-bond acceptors (Lipinski definition) is 3. The maximum atomic E-state index is 13.7. The first-order valence-corrected chi connectivity index (χ1v) is 10.5. The highest BCUT2D eigenvalue weighted by Crippen LogP contribution is 2.41. The Bertz CT molecular complexity index is 1170. The molecule has 5 nitrogen and oxygen atoms in total. The van der Waals surface area contributed by atoms with Crippen molar-refractivity contribution in [2.24, 2.45) is 7.05 Å². The molecule has 2 heterocycles. The van der Waals surface area contributed by atoms with Crippen molar-refractivity contribution in [1.82, 2.24) is 14.1 Å². The summed E-state index contributed by atoms with van der Waals surface area (Å²) in [5.41, 5.74) is 4.24. The second-order valence-electron chi connectivity index (χ2n) is 8.46. The molecule has 0 radical (unpaired) electrons. The number of benzene rings is 1. The number of rotatable bonds is 5. The molecule has 0 atom stereocenters. The fourth-order valence-corrected chi connectivity index (χ4v) is 4.37. The summed E-state index contributed by atoms with van der Waals surface area (Å²) in [7, 11) is 3.31. The van der Waals surface area contributed by atoms with E-state index >= 15 is 0 Å². The number of ether oxygens (including phenoxy) is 1. The minimum atomic E-state index is -2.59. The minimum Gasteiger partial charge on any atom is -0.500 e. The number of fused-ring (bicyclic) bond motifs is 1. The molecule has 1 aromatic carbocycles. The molecule has 7 heteroatoms. The van der Waals surface area contributed by atoms with Crippen molar-refractivity contribution in [3.8, 4) is 11.1 Å². The van der Waals surface area contributed by atoms with Crippen LogP contribution in [0.25, 0.3) is 22.2 Å². The van der Waals surface area contributed by atoms with Gasteiger partial charge in [-0.05, 0) is 49.1 Å². The molecule has 1 fully saturated rings. The Labute approximate surface area is 180 Å². The highest BCUT2D eigenvalue weighted by atomic mass is 19.3. The number of allylic oxidation sites excluding steroid dienone is 1. The quantitative estimate of drug-likeness (QED) is 0.528. The lowest BCUT2D eigenvalue weighted by molar-refractivity contribution is -0.0389. The maximum Gasteiger partial charge on any atom is 0.253 e. The van der Waals surface area contributed by atoms with Gasteiger partial charge in [-0.15, -0.1) is 0 Å². The molecule has 0 spiro atoms. The van der Waals surface area contributed by atoms with Gasteiger partial charge in [-0.2, -0.15) is 0 Å². The lowest BCUT2D eigenvalue weighted by Gasteiger charge is -2.28. The average molecular weight is 427 g/mol. The summed E-state index contributed by atoms with van der Waals surface area (Å²) < 4.78 is 36.3. The van der Waals surface area contributed by atoms with E-state index in [1.807, 2.05) is 35.0 Å². The number of alkyl halides is 2. The van der Waals surface area contributed by atoms with E-state index in [-0.39, 0.29) is 24.3 Å². The van der Waals surface area contributed by atoms with E-state index in [0.29, 0.717) is 30.7 Å². The van der Waals surface area contributed by atoms with Crippen molar-refractivity contribution in [1.29, 1.82) is 0 Å². The second-order valence-corrected chi connectivity index (χ2v) is 8.46. The molecule has 1 aliphatic carbocycles. The summed E-state index contributed by atoms with van der Waals surface area (Å²) in [6.07, 6.45) is 2.39. The molecule has 31 heavy (non-hydrogen) atoms. The molecule has 0 saturated heterocycles. The molecule has 3 aromatic rings. The van der Waals surface area contributed by atoms with Gasteiger partial charge in [0, 0.05) is 37.6 Å². The van der Waals surface area contributed by atoms with Crippen LogP contribution in [-0.2, 0) is 18.3 Å². The zero-order valence-electron chi connectivity index (χ0n) is 18.1. The highest BCUT2D eigenvalue weighted by Gasteiger charge is 2.37. The standard InChI is InChI=1S/C24H27F2N3O2/c1-15-11-19(14-28(3)23(15)30)18-5-6-20-21(12-18)29(13-16(2)31-4)22(27-20)17-7-9-24(25,26)10-8-17/h5-6,11-12,14,17H,2,7-10,13H2,1,3-4H3. The van der Waals surface area contributed by atoms with Gasteiger partial charge < -0.3 is 13.9 Å². The lowest BCUT2D eigenvalue weighted by atomic mass is 9.86. The third kappa shape index (κ3) is 4.13. The van der Waals surface area contributed by atoms with Gasteiger partial charge in [0.15, 0.2) is 0 Å². The van der Waals surface area contributed by atoms with Gasteiger partial charge in [0.1, 0.15) is 11.6 Å². The van der Waals surface area contributed by atoms with E-state index in [1.165, 1.54) is 0 Å². The second kappa shape index (κ2) is 7.94. The number of methoxy groups -OCH3 is 1. The molecule has 2 aromatic heterocycles. The zero-order chi connectivity index (χ0) is 22.3. The fraction of sp³-hybridized carbons (Fsp3) is 0.417. The molecular weight excluding hydrogens is 400 g/mol. The number of nitrogens with zero attached hydrogens (tertiary/aromatic N) is 3. The van der Waals surface area contributed by atoms with Crippen LogP contribution in [0.5, 0.6) is 0 Å².